The fourth-order valence-electron chi connectivity index (χ4n) is 2.65. The van der Waals surface area contributed by atoms with E-state index in [0.717, 1.165) is 5.56 Å². The molecule has 0 aliphatic carbocycles. The second kappa shape index (κ2) is 7.72. The summed E-state index contributed by atoms with van der Waals surface area (Å²) in [6.45, 7) is 6.36. The maximum atomic E-state index is 12.4. The van der Waals surface area contributed by atoms with E-state index < -0.39 is 0 Å². The highest BCUT2D eigenvalue weighted by Crippen LogP contribution is 2.32. The number of rotatable bonds is 5. The Hall–Kier alpha value is -3.35. The van der Waals surface area contributed by atoms with Gasteiger partial charge in [-0.2, -0.15) is 0 Å². The van der Waals surface area contributed by atoms with Gasteiger partial charge in [0.25, 0.3) is 5.91 Å². The molecule has 28 heavy (non-hydrogen) atoms. The summed E-state index contributed by atoms with van der Waals surface area (Å²) in [7, 11) is 3.11. The number of hydrogen-bond donors (Lipinski definition) is 1. The number of methoxy groups -OCH3 is 2. The predicted octanol–water partition coefficient (Wildman–Crippen LogP) is 4.30. The summed E-state index contributed by atoms with van der Waals surface area (Å²) in [5, 5.41) is 10.5. The first kappa shape index (κ1) is 19.4. The largest absolute Gasteiger partial charge is 0.493 e. The van der Waals surface area contributed by atoms with E-state index in [2.05, 4.69) is 36.3 Å². The van der Waals surface area contributed by atoms with Crippen LogP contribution in [-0.2, 0) is 5.41 Å². The molecule has 1 aromatic heterocycles. The molecule has 0 unspecified atom stereocenters. The summed E-state index contributed by atoms with van der Waals surface area (Å²) in [4.78, 5) is 12.4. The van der Waals surface area contributed by atoms with Crippen molar-refractivity contribution in [2.45, 2.75) is 26.2 Å². The zero-order valence-electron chi connectivity index (χ0n) is 16.6. The van der Waals surface area contributed by atoms with Crippen LogP contribution in [-0.4, -0.2) is 30.3 Å². The van der Waals surface area contributed by atoms with Gasteiger partial charge < -0.3 is 13.9 Å². The van der Waals surface area contributed by atoms with Gasteiger partial charge in [0, 0.05) is 11.1 Å². The zero-order chi connectivity index (χ0) is 20.3. The molecule has 3 aromatic rings. The van der Waals surface area contributed by atoms with Gasteiger partial charge >= 0.3 is 6.01 Å². The molecule has 7 heteroatoms. The van der Waals surface area contributed by atoms with Crippen LogP contribution in [0.15, 0.2) is 46.9 Å². The Bertz CT molecular complexity index is 972. The average molecular weight is 381 g/mol. The maximum Gasteiger partial charge on any atom is 0.322 e. The van der Waals surface area contributed by atoms with Crippen molar-refractivity contribution in [2.75, 3.05) is 19.5 Å². The Morgan fingerprint density at radius 2 is 1.64 bits per heavy atom. The van der Waals surface area contributed by atoms with Crippen molar-refractivity contribution in [3.8, 4) is 23.0 Å². The number of hydrogen-bond acceptors (Lipinski definition) is 6. The maximum absolute atomic E-state index is 12.4. The minimum atomic E-state index is -0.317. The monoisotopic (exact) mass is 381 g/mol. The van der Waals surface area contributed by atoms with Crippen LogP contribution in [0.4, 0.5) is 6.01 Å². The number of benzene rings is 2. The van der Waals surface area contributed by atoms with E-state index in [1.165, 1.54) is 0 Å². The molecule has 0 saturated carbocycles. The molecule has 0 atom stereocenters. The van der Waals surface area contributed by atoms with Crippen molar-refractivity contribution < 1.29 is 18.7 Å². The fraction of sp³-hybridized carbons (Fsp3) is 0.286. The highest BCUT2D eigenvalue weighted by Gasteiger charge is 2.17. The van der Waals surface area contributed by atoms with Gasteiger partial charge in [-0.1, -0.05) is 38.0 Å². The fourth-order valence-corrected chi connectivity index (χ4v) is 2.65. The predicted molar refractivity (Wildman–Crippen MR) is 106 cm³/mol. The third-order valence-corrected chi connectivity index (χ3v) is 4.29. The van der Waals surface area contributed by atoms with E-state index >= 15 is 0 Å². The Morgan fingerprint density at radius 3 is 2.25 bits per heavy atom. The second-order valence-electron chi connectivity index (χ2n) is 7.26. The highest BCUT2D eigenvalue weighted by atomic mass is 16.5. The molecule has 0 aliphatic rings. The summed E-state index contributed by atoms with van der Waals surface area (Å²) in [5.74, 6) is 1.09. The molecule has 1 heterocycles. The summed E-state index contributed by atoms with van der Waals surface area (Å²) in [5.41, 5.74) is 2.34. The molecular formula is C21H23N3O4. The molecular weight excluding hydrogens is 358 g/mol. The van der Waals surface area contributed by atoms with Crippen LogP contribution in [0.1, 0.15) is 36.7 Å². The molecule has 1 amide bonds. The summed E-state index contributed by atoms with van der Waals surface area (Å²) < 4.78 is 16.1. The first-order valence-corrected chi connectivity index (χ1v) is 8.79. The molecule has 146 valence electrons. The van der Waals surface area contributed by atoms with Crippen LogP contribution >= 0.6 is 0 Å². The average Bonchev–Trinajstić information content (AvgIpc) is 3.15. The van der Waals surface area contributed by atoms with Crippen molar-refractivity contribution in [3.05, 3.63) is 53.6 Å². The molecule has 0 aliphatic heterocycles. The van der Waals surface area contributed by atoms with Crippen LogP contribution < -0.4 is 14.8 Å². The molecule has 0 spiro atoms. The number of nitrogens with one attached hydrogen (secondary N) is 1. The number of carbonyl (C=O) groups excluding carboxylic acids is 1. The van der Waals surface area contributed by atoms with E-state index in [4.69, 9.17) is 13.9 Å². The lowest BCUT2D eigenvalue weighted by Gasteiger charge is -2.18. The topological polar surface area (TPSA) is 86.5 Å². The third kappa shape index (κ3) is 4.14. The number of amides is 1. The van der Waals surface area contributed by atoms with Gasteiger partial charge in [-0.25, -0.2) is 0 Å². The van der Waals surface area contributed by atoms with Crippen LogP contribution in [0.2, 0.25) is 0 Å². The number of carbonyl (C=O) groups is 1. The molecule has 7 nitrogen and oxygen atoms in total. The number of anilines is 1. The van der Waals surface area contributed by atoms with Crippen LogP contribution in [0.25, 0.3) is 11.5 Å². The lowest BCUT2D eigenvalue weighted by Crippen LogP contribution is -2.14. The van der Waals surface area contributed by atoms with Gasteiger partial charge in [-0.15, -0.1) is 5.10 Å². The SMILES string of the molecule is COc1ccc(-c2nnc(NC(=O)c3ccc(C(C)(C)C)cc3)o2)cc1OC. The van der Waals surface area contributed by atoms with Gasteiger partial charge in [0.2, 0.25) is 5.89 Å². The summed E-state index contributed by atoms with van der Waals surface area (Å²) >= 11 is 0. The lowest BCUT2D eigenvalue weighted by atomic mass is 9.87. The van der Waals surface area contributed by atoms with E-state index in [9.17, 15) is 4.79 Å². The quantitative estimate of drug-likeness (QED) is 0.709. The molecule has 0 radical (unpaired) electrons. The third-order valence-electron chi connectivity index (χ3n) is 4.29. The Balaban J connectivity index is 1.75. The Kier molecular flexibility index (Phi) is 5.35. The van der Waals surface area contributed by atoms with Gasteiger partial charge in [0.15, 0.2) is 11.5 Å². The Labute approximate surface area is 163 Å². The molecule has 0 bridgehead atoms. The van der Waals surface area contributed by atoms with Gasteiger partial charge in [-0.05, 0) is 41.3 Å². The lowest BCUT2D eigenvalue weighted by molar-refractivity contribution is 0.102. The van der Waals surface area contributed by atoms with E-state index in [1.807, 2.05) is 12.1 Å². The molecule has 2 aromatic carbocycles. The van der Waals surface area contributed by atoms with Gasteiger partial charge in [0.1, 0.15) is 0 Å². The standard InChI is InChI=1S/C21H23N3O4/c1-21(2,3)15-9-6-13(7-10-15)18(25)22-20-24-23-19(28-20)14-8-11-16(26-4)17(12-14)27-5/h6-12H,1-5H3,(H,22,24,25). The van der Waals surface area contributed by atoms with Crippen molar-refractivity contribution in [2.24, 2.45) is 0 Å². The smallest absolute Gasteiger partial charge is 0.322 e. The van der Waals surface area contributed by atoms with Gasteiger partial charge in [-0.3, -0.25) is 10.1 Å². The first-order chi connectivity index (χ1) is 13.3. The minimum absolute atomic E-state index is 0.0229. The zero-order valence-corrected chi connectivity index (χ0v) is 16.6. The van der Waals surface area contributed by atoms with Gasteiger partial charge in [0.05, 0.1) is 14.2 Å². The van der Waals surface area contributed by atoms with Crippen molar-refractivity contribution in [1.82, 2.24) is 10.2 Å². The number of nitrogens with zero attached hydrogens (tertiary/aromatic N) is 2. The van der Waals surface area contributed by atoms with Crippen LogP contribution in [0, 0.1) is 0 Å². The normalized spacial score (nSPS) is 11.2. The Morgan fingerprint density at radius 1 is 0.964 bits per heavy atom. The highest BCUT2D eigenvalue weighted by molar-refractivity contribution is 6.03. The summed E-state index contributed by atoms with van der Waals surface area (Å²) in [6, 6.07) is 12.7. The minimum Gasteiger partial charge on any atom is -0.493 e. The van der Waals surface area contributed by atoms with Crippen molar-refractivity contribution in [1.29, 1.82) is 0 Å². The van der Waals surface area contributed by atoms with E-state index in [1.54, 1.807) is 44.6 Å². The second-order valence-corrected chi connectivity index (χ2v) is 7.26. The summed E-state index contributed by atoms with van der Waals surface area (Å²) in [6.07, 6.45) is 0. The number of aromatic nitrogens is 2. The first-order valence-electron chi connectivity index (χ1n) is 8.79. The van der Waals surface area contributed by atoms with Crippen LogP contribution in [0.3, 0.4) is 0 Å². The van der Waals surface area contributed by atoms with Crippen molar-refractivity contribution >= 4 is 11.9 Å². The number of ether oxygens (including phenoxy) is 2. The van der Waals surface area contributed by atoms with Crippen LogP contribution in [0.5, 0.6) is 11.5 Å². The molecule has 1 N–H and O–H groups in total. The molecule has 0 saturated heterocycles. The molecule has 0 fully saturated rings. The van der Waals surface area contributed by atoms with E-state index in [0.29, 0.717) is 22.6 Å². The van der Waals surface area contributed by atoms with E-state index in [-0.39, 0.29) is 23.2 Å². The van der Waals surface area contributed by atoms with Crippen molar-refractivity contribution in [3.63, 3.8) is 0 Å². The molecule has 3 rings (SSSR count).